The molecular weight excluding hydrogens is 304 g/mol. The van der Waals surface area contributed by atoms with E-state index in [0.717, 1.165) is 17.7 Å². The summed E-state index contributed by atoms with van der Waals surface area (Å²) in [6, 6.07) is 14.6. The standard InChI is InChI=1S/C19H22N2O3/c1-4-15-7-5-6-8-18(15)24-13(2)19(23)21-17-11-9-16(10-12-17)20-14(3)22/h5-13H,4H2,1-3H3,(H,20,22)(H,21,23). The highest BCUT2D eigenvalue weighted by Gasteiger charge is 2.16. The SMILES string of the molecule is CCc1ccccc1OC(C)C(=O)Nc1ccc(NC(C)=O)cc1. The lowest BCUT2D eigenvalue weighted by Crippen LogP contribution is -2.30. The molecular formula is C19H22N2O3. The molecule has 2 amide bonds. The Kier molecular flexibility index (Phi) is 5.95. The van der Waals surface area contributed by atoms with Gasteiger partial charge in [-0.15, -0.1) is 0 Å². The molecule has 5 heteroatoms. The van der Waals surface area contributed by atoms with E-state index in [1.807, 2.05) is 31.2 Å². The number of rotatable bonds is 6. The van der Waals surface area contributed by atoms with E-state index >= 15 is 0 Å². The van der Waals surface area contributed by atoms with Gasteiger partial charge in [-0.1, -0.05) is 25.1 Å². The summed E-state index contributed by atoms with van der Waals surface area (Å²) in [4.78, 5) is 23.3. The van der Waals surface area contributed by atoms with E-state index in [1.165, 1.54) is 6.92 Å². The summed E-state index contributed by atoms with van der Waals surface area (Å²) >= 11 is 0. The van der Waals surface area contributed by atoms with Crippen molar-refractivity contribution in [2.24, 2.45) is 0 Å². The van der Waals surface area contributed by atoms with Gasteiger partial charge in [0.25, 0.3) is 5.91 Å². The number of amides is 2. The van der Waals surface area contributed by atoms with Crippen molar-refractivity contribution < 1.29 is 14.3 Å². The Bertz CT molecular complexity index is 711. The maximum absolute atomic E-state index is 12.3. The zero-order valence-electron chi connectivity index (χ0n) is 14.1. The van der Waals surface area contributed by atoms with Crippen LogP contribution in [0.3, 0.4) is 0 Å². The summed E-state index contributed by atoms with van der Waals surface area (Å²) in [6.45, 7) is 5.21. The number of hydrogen-bond donors (Lipinski definition) is 2. The minimum absolute atomic E-state index is 0.136. The van der Waals surface area contributed by atoms with Gasteiger partial charge in [0.2, 0.25) is 5.91 Å². The summed E-state index contributed by atoms with van der Waals surface area (Å²) in [5.41, 5.74) is 2.40. The summed E-state index contributed by atoms with van der Waals surface area (Å²) < 4.78 is 5.78. The number of anilines is 2. The van der Waals surface area contributed by atoms with Crippen molar-refractivity contribution in [1.29, 1.82) is 0 Å². The van der Waals surface area contributed by atoms with Crippen LogP contribution in [0.5, 0.6) is 5.75 Å². The highest BCUT2D eigenvalue weighted by atomic mass is 16.5. The van der Waals surface area contributed by atoms with Gasteiger partial charge < -0.3 is 15.4 Å². The number of nitrogens with one attached hydrogen (secondary N) is 2. The van der Waals surface area contributed by atoms with Gasteiger partial charge in [-0.05, 0) is 49.2 Å². The minimum Gasteiger partial charge on any atom is -0.481 e. The fraction of sp³-hybridized carbons (Fsp3) is 0.263. The van der Waals surface area contributed by atoms with Gasteiger partial charge in [-0.25, -0.2) is 0 Å². The van der Waals surface area contributed by atoms with Gasteiger partial charge in [-0.2, -0.15) is 0 Å². The molecule has 0 heterocycles. The number of benzene rings is 2. The average molecular weight is 326 g/mol. The second-order valence-electron chi connectivity index (χ2n) is 5.47. The first kappa shape index (κ1) is 17.5. The van der Waals surface area contributed by atoms with Crippen molar-refractivity contribution in [3.05, 3.63) is 54.1 Å². The fourth-order valence-electron chi connectivity index (χ4n) is 2.24. The summed E-state index contributed by atoms with van der Waals surface area (Å²) in [5, 5.41) is 5.48. The lowest BCUT2D eigenvalue weighted by molar-refractivity contribution is -0.122. The topological polar surface area (TPSA) is 67.4 Å². The zero-order chi connectivity index (χ0) is 17.5. The van der Waals surface area contributed by atoms with Crippen molar-refractivity contribution in [2.45, 2.75) is 33.3 Å². The molecule has 1 atom stereocenters. The van der Waals surface area contributed by atoms with Crippen LogP contribution in [0.15, 0.2) is 48.5 Å². The van der Waals surface area contributed by atoms with Crippen LogP contribution in [-0.4, -0.2) is 17.9 Å². The second kappa shape index (κ2) is 8.15. The van der Waals surface area contributed by atoms with Gasteiger partial charge >= 0.3 is 0 Å². The predicted molar refractivity (Wildman–Crippen MR) is 95.3 cm³/mol. The van der Waals surface area contributed by atoms with Gasteiger partial charge in [0, 0.05) is 18.3 Å². The molecule has 5 nitrogen and oxygen atoms in total. The number of carbonyl (C=O) groups excluding carboxylic acids is 2. The first-order valence-electron chi connectivity index (χ1n) is 7.92. The molecule has 0 fully saturated rings. The van der Waals surface area contributed by atoms with E-state index in [-0.39, 0.29) is 11.8 Å². The highest BCUT2D eigenvalue weighted by molar-refractivity contribution is 5.94. The maximum Gasteiger partial charge on any atom is 0.265 e. The molecule has 0 bridgehead atoms. The third-order valence-corrected chi connectivity index (χ3v) is 3.50. The molecule has 2 aromatic carbocycles. The van der Waals surface area contributed by atoms with Crippen molar-refractivity contribution in [2.75, 3.05) is 10.6 Å². The van der Waals surface area contributed by atoms with Crippen LogP contribution in [0.1, 0.15) is 26.3 Å². The molecule has 0 saturated heterocycles. The van der Waals surface area contributed by atoms with E-state index in [2.05, 4.69) is 10.6 Å². The lowest BCUT2D eigenvalue weighted by Gasteiger charge is -2.17. The molecule has 24 heavy (non-hydrogen) atoms. The van der Waals surface area contributed by atoms with E-state index in [0.29, 0.717) is 11.4 Å². The Morgan fingerprint density at radius 3 is 2.17 bits per heavy atom. The van der Waals surface area contributed by atoms with Crippen molar-refractivity contribution >= 4 is 23.2 Å². The molecule has 0 spiro atoms. The van der Waals surface area contributed by atoms with Crippen molar-refractivity contribution in [3.8, 4) is 5.75 Å². The third-order valence-electron chi connectivity index (χ3n) is 3.50. The number of para-hydroxylation sites is 1. The van der Waals surface area contributed by atoms with Gasteiger partial charge in [0.05, 0.1) is 0 Å². The van der Waals surface area contributed by atoms with Crippen molar-refractivity contribution in [3.63, 3.8) is 0 Å². The van der Waals surface area contributed by atoms with E-state index in [4.69, 9.17) is 4.74 Å². The molecule has 2 rings (SSSR count). The number of aryl methyl sites for hydroxylation is 1. The van der Waals surface area contributed by atoms with Crippen molar-refractivity contribution in [1.82, 2.24) is 0 Å². The fourth-order valence-corrected chi connectivity index (χ4v) is 2.24. The monoisotopic (exact) mass is 326 g/mol. The Hall–Kier alpha value is -2.82. The molecule has 0 aromatic heterocycles. The Labute approximate surface area is 142 Å². The largest absolute Gasteiger partial charge is 0.481 e. The Balaban J connectivity index is 1.97. The van der Waals surface area contributed by atoms with Crippen LogP contribution in [-0.2, 0) is 16.0 Å². The number of hydrogen-bond acceptors (Lipinski definition) is 3. The summed E-state index contributed by atoms with van der Waals surface area (Å²) in [6.07, 6.45) is 0.225. The van der Waals surface area contributed by atoms with Crippen LogP contribution in [0, 0.1) is 0 Å². The predicted octanol–water partition coefficient (Wildman–Crippen LogP) is 3.61. The van der Waals surface area contributed by atoms with E-state index in [1.54, 1.807) is 31.2 Å². The quantitative estimate of drug-likeness (QED) is 0.852. The molecule has 0 saturated carbocycles. The summed E-state index contributed by atoms with van der Waals surface area (Å²) in [7, 11) is 0. The Morgan fingerprint density at radius 1 is 1.00 bits per heavy atom. The lowest BCUT2D eigenvalue weighted by atomic mass is 10.1. The van der Waals surface area contributed by atoms with Gasteiger partial charge in [-0.3, -0.25) is 9.59 Å². The van der Waals surface area contributed by atoms with Crippen LogP contribution < -0.4 is 15.4 Å². The van der Waals surface area contributed by atoms with Crippen LogP contribution in [0.25, 0.3) is 0 Å². The molecule has 2 aromatic rings. The van der Waals surface area contributed by atoms with Crippen LogP contribution in [0.2, 0.25) is 0 Å². The molecule has 2 N–H and O–H groups in total. The molecule has 126 valence electrons. The first-order chi connectivity index (χ1) is 11.5. The Morgan fingerprint density at radius 2 is 1.58 bits per heavy atom. The van der Waals surface area contributed by atoms with Gasteiger partial charge in [0.15, 0.2) is 6.10 Å². The first-order valence-corrected chi connectivity index (χ1v) is 7.92. The molecule has 0 aliphatic heterocycles. The molecule has 0 radical (unpaired) electrons. The zero-order valence-corrected chi connectivity index (χ0v) is 14.1. The van der Waals surface area contributed by atoms with E-state index < -0.39 is 6.10 Å². The molecule has 0 aliphatic rings. The normalized spacial score (nSPS) is 11.5. The molecule has 1 unspecified atom stereocenters. The van der Waals surface area contributed by atoms with E-state index in [9.17, 15) is 9.59 Å². The number of ether oxygens (including phenoxy) is 1. The number of carbonyl (C=O) groups is 2. The molecule has 0 aliphatic carbocycles. The van der Waals surface area contributed by atoms with Gasteiger partial charge in [0.1, 0.15) is 5.75 Å². The average Bonchev–Trinajstić information content (AvgIpc) is 2.56. The minimum atomic E-state index is -0.618. The third kappa shape index (κ3) is 4.84. The summed E-state index contributed by atoms with van der Waals surface area (Å²) in [5.74, 6) is 0.361. The maximum atomic E-state index is 12.3. The highest BCUT2D eigenvalue weighted by Crippen LogP contribution is 2.20. The second-order valence-corrected chi connectivity index (χ2v) is 5.47. The smallest absolute Gasteiger partial charge is 0.265 e. The van der Waals surface area contributed by atoms with Crippen LogP contribution >= 0.6 is 0 Å². The van der Waals surface area contributed by atoms with Crippen LogP contribution in [0.4, 0.5) is 11.4 Å².